The Bertz CT molecular complexity index is 4000. The molecule has 11 nitrogen and oxygen atoms in total. The predicted molar refractivity (Wildman–Crippen MR) is 327 cm³/mol. The number of hydrogen-bond donors (Lipinski definition) is 2. The van der Waals surface area contributed by atoms with Crippen molar-refractivity contribution in [2.24, 2.45) is 0 Å². The van der Waals surface area contributed by atoms with E-state index in [4.69, 9.17) is 9.47 Å². The molecule has 0 unspecified atom stereocenters. The highest BCUT2D eigenvalue weighted by Crippen LogP contribution is 2.44. The van der Waals surface area contributed by atoms with Gasteiger partial charge >= 0.3 is 0 Å². The molecular weight excluding hydrogens is 1080 g/mol. The van der Waals surface area contributed by atoms with Crippen LogP contribution in [0.15, 0.2) is 121 Å². The van der Waals surface area contributed by atoms with E-state index < -0.39 is 0 Å². The highest BCUT2D eigenvalue weighted by Gasteiger charge is 2.21. The van der Waals surface area contributed by atoms with E-state index in [1.807, 2.05) is 97.1 Å². The number of fused-ring (bicyclic) bond motifs is 14. The van der Waals surface area contributed by atoms with Gasteiger partial charge in [0.2, 0.25) is 0 Å². The van der Waals surface area contributed by atoms with Crippen molar-refractivity contribution in [1.29, 1.82) is 21.0 Å². The molecule has 0 atom stereocenters. The lowest BCUT2D eigenvalue weighted by Crippen LogP contribution is -1.99. The quantitative estimate of drug-likeness (QED) is 0.0442. The first-order valence-electron chi connectivity index (χ1n) is 27.4. The fraction of sp³-hybridized carbons (Fsp3) is 0.261. The molecule has 0 saturated heterocycles. The number of Topliss-reactive ketones (excluding diaryl/α,β-unsaturated/α-hetero) is 3. The monoisotopic (exact) mass is 1140 g/mol. The summed E-state index contributed by atoms with van der Waals surface area (Å²) >= 11 is 3.33. The molecule has 0 aliphatic carbocycles. The number of rotatable bonds is 19. The van der Waals surface area contributed by atoms with Gasteiger partial charge < -0.3 is 34.1 Å². The number of aromatic hydroxyl groups is 2. The van der Waals surface area contributed by atoms with Crippen LogP contribution >= 0.6 is 15.9 Å². The fourth-order valence-electron chi connectivity index (χ4n) is 10.7. The van der Waals surface area contributed by atoms with Crippen molar-refractivity contribution in [1.82, 2.24) is 0 Å². The van der Waals surface area contributed by atoms with Crippen molar-refractivity contribution >= 4 is 119 Å². The van der Waals surface area contributed by atoms with Gasteiger partial charge in [-0.2, -0.15) is 21.0 Å². The van der Waals surface area contributed by atoms with Gasteiger partial charge in [0.1, 0.15) is 64.6 Å². The van der Waals surface area contributed by atoms with Gasteiger partial charge in [-0.25, -0.2) is 0 Å². The summed E-state index contributed by atoms with van der Waals surface area (Å²) in [5.74, 6) is 2.63. The van der Waals surface area contributed by atoms with E-state index in [0.717, 1.165) is 144 Å². The van der Waals surface area contributed by atoms with E-state index in [1.54, 1.807) is 45.0 Å². The number of halogens is 1. The predicted octanol–water partition coefficient (Wildman–Crippen LogP) is 17.1. The van der Waals surface area contributed by atoms with Crippen LogP contribution in [0.2, 0.25) is 0 Å². The largest absolute Gasteiger partial charge is 0.508 e. The number of carbonyl (C=O) groups excluding carboxylic acids is 3. The first kappa shape index (κ1) is 58.1. The molecule has 0 aromatic heterocycles. The van der Waals surface area contributed by atoms with Gasteiger partial charge in [-0.3, -0.25) is 0 Å². The zero-order valence-electron chi connectivity index (χ0n) is 45.8. The highest BCUT2D eigenvalue weighted by molar-refractivity contribution is 9.09. The van der Waals surface area contributed by atoms with E-state index in [2.05, 4.69) is 40.2 Å². The zero-order chi connectivity index (χ0) is 57.6. The minimum atomic E-state index is 0.167. The van der Waals surface area contributed by atoms with Crippen LogP contribution in [0.25, 0.3) is 86.2 Å². The van der Waals surface area contributed by atoms with Crippen molar-refractivity contribution < 1.29 is 34.1 Å². The maximum absolute atomic E-state index is 11.2. The van der Waals surface area contributed by atoms with Gasteiger partial charge in [0.15, 0.2) is 0 Å². The molecule has 0 aliphatic heterocycles. The van der Waals surface area contributed by atoms with E-state index in [1.165, 1.54) is 12.8 Å². The molecule has 2 N–H and O–H groups in total. The molecule has 10 aromatic carbocycles. The number of alkyl halides is 1. The van der Waals surface area contributed by atoms with Crippen LogP contribution in [0.3, 0.4) is 0 Å². The average molecular weight is 1140 g/mol. The molecule has 0 bridgehead atoms. The van der Waals surface area contributed by atoms with Gasteiger partial charge in [-0.05, 0) is 185 Å². The number of hydrogen-bond acceptors (Lipinski definition) is 11. The summed E-state index contributed by atoms with van der Waals surface area (Å²) in [6.07, 6.45) is 10.8. The number of ketones is 3. The lowest BCUT2D eigenvalue weighted by Gasteiger charge is -2.15. The lowest BCUT2D eigenvalue weighted by molar-refractivity contribution is -0.118. The van der Waals surface area contributed by atoms with Crippen LogP contribution in [0.5, 0.6) is 23.0 Å². The number of nitrogens with zero attached hydrogens (tertiary/aromatic N) is 4. The van der Waals surface area contributed by atoms with Crippen molar-refractivity contribution in [3.05, 3.63) is 144 Å². The molecular formula is C69H61BrN4O7. The summed E-state index contributed by atoms with van der Waals surface area (Å²) in [7, 11) is 0. The first-order chi connectivity index (χ1) is 39.3. The summed E-state index contributed by atoms with van der Waals surface area (Å²) in [4.78, 5) is 32.7. The molecule has 0 fully saturated rings. The molecule has 10 rings (SSSR count). The van der Waals surface area contributed by atoms with E-state index in [9.17, 15) is 45.6 Å². The smallest absolute Gasteiger partial charge is 0.129 e. The second-order valence-electron chi connectivity index (χ2n) is 20.4. The topological polar surface area (TPSA) is 205 Å². The third-order valence-corrected chi connectivity index (χ3v) is 15.1. The number of benzene rings is 10. The first-order valence-corrected chi connectivity index (χ1v) is 28.5. The maximum atomic E-state index is 11.2. The van der Waals surface area contributed by atoms with Crippen LogP contribution in [0, 0.1) is 45.3 Å². The normalized spacial score (nSPS) is 10.9. The number of phenolic OH excluding ortho intramolecular Hbond substituents is 2. The fourth-order valence-corrected chi connectivity index (χ4v) is 11.1. The third kappa shape index (κ3) is 13.3. The Morgan fingerprint density at radius 3 is 0.963 bits per heavy atom. The van der Waals surface area contributed by atoms with E-state index >= 15 is 0 Å². The van der Waals surface area contributed by atoms with Crippen molar-refractivity contribution in [3.63, 3.8) is 0 Å². The van der Waals surface area contributed by atoms with Crippen molar-refractivity contribution in [2.75, 3.05) is 18.5 Å². The Balaban J connectivity index is 0.000000197. The Kier molecular flexibility index (Phi) is 19.5. The van der Waals surface area contributed by atoms with Crippen LogP contribution in [-0.4, -0.2) is 46.1 Å². The van der Waals surface area contributed by atoms with Gasteiger partial charge in [-0.1, -0.05) is 95.1 Å². The molecule has 0 spiro atoms. The van der Waals surface area contributed by atoms with Crippen LogP contribution in [0.1, 0.15) is 120 Å². The van der Waals surface area contributed by atoms with Gasteiger partial charge in [-0.15, -0.1) is 0 Å². The van der Waals surface area contributed by atoms with Gasteiger partial charge in [0.05, 0.1) is 35.5 Å². The van der Waals surface area contributed by atoms with Crippen molar-refractivity contribution in [3.8, 4) is 47.3 Å². The van der Waals surface area contributed by atoms with Gasteiger partial charge in [0, 0.05) is 46.1 Å². The van der Waals surface area contributed by atoms with Crippen LogP contribution < -0.4 is 9.47 Å². The second kappa shape index (κ2) is 27.2. The van der Waals surface area contributed by atoms with Gasteiger partial charge in [0.25, 0.3) is 0 Å². The number of carbonyl (C=O) groups is 3. The number of phenols is 2. The Morgan fingerprint density at radius 2 is 0.667 bits per heavy atom. The van der Waals surface area contributed by atoms with Crippen LogP contribution in [-0.2, 0) is 14.4 Å². The summed E-state index contributed by atoms with van der Waals surface area (Å²) in [5, 5.41) is 74.6. The second-order valence-corrected chi connectivity index (χ2v) is 21.2. The van der Waals surface area contributed by atoms with Crippen molar-refractivity contribution in [2.45, 2.75) is 97.8 Å². The van der Waals surface area contributed by atoms with Crippen LogP contribution in [0.4, 0.5) is 0 Å². The van der Waals surface area contributed by atoms with E-state index in [0.29, 0.717) is 64.9 Å². The minimum Gasteiger partial charge on any atom is -0.508 e. The molecule has 0 radical (unpaired) electrons. The maximum Gasteiger partial charge on any atom is 0.129 e. The summed E-state index contributed by atoms with van der Waals surface area (Å²) < 4.78 is 12.1. The summed E-state index contributed by atoms with van der Waals surface area (Å²) in [6.45, 7) is 6.05. The molecule has 12 heteroatoms. The molecule has 81 heavy (non-hydrogen) atoms. The number of nitriles is 4. The molecule has 0 amide bonds. The number of ether oxygens (including phenoxy) is 2. The standard InChI is InChI=1S/C38H36N2O4.C24H12N2O2.C7H13BrO/c1-25(41)9-5-3-7-19-43-29-13-17-31-27(21-29)11-15-33-35(23-39)36(24-40)34-16-12-28-22-30(14-18-32(28)38(34)37(31)33)44-20-8-4-6-10-26(2)42;25-11-21-19-5-1-13-9-15(27)3-7-17(13)23(19)24-18-8-4-16(28)10-14(18)2-6-20(24)22(21)12-26;1-7(9)5-3-2-4-6-8/h11-18,21-22H,3-10,19-20H2,1-2H3;1-10,27-28H;2-6H2,1H3. The van der Waals surface area contributed by atoms with E-state index in [-0.39, 0.29) is 23.1 Å². The lowest BCUT2D eigenvalue weighted by atomic mass is 9.87. The summed E-state index contributed by atoms with van der Waals surface area (Å²) in [5.41, 5.74) is 1.45. The Morgan fingerprint density at radius 1 is 0.383 bits per heavy atom. The zero-order valence-corrected chi connectivity index (χ0v) is 47.3. The Labute approximate surface area is 479 Å². The SMILES string of the molecule is CC(=O)CCCCCBr.CC(=O)CCCCCOc1ccc2c(ccc3c(C#N)c(C#N)c4ccc5cc(OCCCCCC(C)=O)ccc5c4c32)c1.N#Cc1c(C#N)c2ccc3cc(O)ccc3c2c2c1ccc1cc(O)ccc12. The highest BCUT2D eigenvalue weighted by atomic mass is 79.9. The number of unbranched alkanes of at least 4 members (excludes halogenated alkanes) is 6. The third-order valence-electron chi connectivity index (χ3n) is 14.6. The molecule has 0 saturated carbocycles. The average Bonchev–Trinajstić information content (AvgIpc) is 2.32. The Hall–Kier alpha value is -9.07. The molecule has 0 heterocycles. The summed E-state index contributed by atoms with van der Waals surface area (Å²) in [6, 6.07) is 46.5. The molecule has 10 aromatic rings. The molecule has 406 valence electrons. The minimum absolute atomic E-state index is 0.167. The molecule has 0 aliphatic rings.